The van der Waals surface area contributed by atoms with Crippen molar-refractivity contribution >= 4 is 5.97 Å². The zero-order valence-electron chi connectivity index (χ0n) is 17.4. The SMILES string of the molecule is O=C(O[C@@H]1O[C@H](CO)[C@H](O[C@H]2O[C@H](CO)[C@@H](O)[C@H](O)[C@@H]2O)[C@H](O)[C@H]1O)c1cc(O)c(O)c(O)c1. The molecule has 0 bridgehead atoms. The number of phenols is 3. The first kappa shape index (κ1) is 26.3. The fourth-order valence-corrected chi connectivity index (χ4v) is 3.55. The van der Waals surface area contributed by atoms with Gasteiger partial charge in [-0.05, 0) is 12.1 Å². The van der Waals surface area contributed by atoms with Crippen molar-refractivity contribution < 1.29 is 74.8 Å². The van der Waals surface area contributed by atoms with Gasteiger partial charge >= 0.3 is 5.97 Å². The van der Waals surface area contributed by atoms with Crippen LogP contribution in [0, 0.1) is 0 Å². The van der Waals surface area contributed by atoms with Gasteiger partial charge in [-0.25, -0.2) is 4.79 Å². The Bertz CT molecular complexity index is 837. The van der Waals surface area contributed by atoms with Crippen molar-refractivity contribution in [3.63, 3.8) is 0 Å². The summed E-state index contributed by atoms with van der Waals surface area (Å²) in [6.45, 7) is -1.60. The molecule has 1 aromatic carbocycles. The summed E-state index contributed by atoms with van der Waals surface area (Å²) < 4.78 is 20.8. The summed E-state index contributed by atoms with van der Waals surface area (Å²) in [5.74, 6) is -3.79. The number of hydrogen-bond acceptors (Lipinski definition) is 15. The molecule has 0 unspecified atom stereocenters. The van der Waals surface area contributed by atoms with Crippen LogP contribution in [0.25, 0.3) is 0 Å². The molecule has 2 saturated heterocycles. The van der Waals surface area contributed by atoms with Gasteiger partial charge in [0.2, 0.25) is 6.29 Å². The van der Waals surface area contributed by atoms with Crippen LogP contribution in [0.3, 0.4) is 0 Å². The average Bonchev–Trinajstić information content (AvgIpc) is 2.81. The van der Waals surface area contributed by atoms with Crippen molar-refractivity contribution in [3.05, 3.63) is 17.7 Å². The number of carbonyl (C=O) groups excluding carboxylic acids is 1. The monoisotopic (exact) mass is 494 g/mol. The molecule has 34 heavy (non-hydrogen) atoms. The standard InChI is InChI=1S/C19H26O15/c20-3-8-11(25)12(26)14(28)18(31-8)33-16-9(4-21)32-19(15(29)13(16)27)34-17(30)5-1-6(22)10(24)7(23)2-5/h1-2,8-9,11-16,18-29H,3-4H2/t8-,9-,11-,12+,13-,14+,15-,16+,18-,19+/m1/s1. The molecular weight excluding hydrogens is 468 g/mol. The third-order valence-electron chi connectivity index (χ3n) is 5.49. The van der Waals surface area contributed by atoms with E-state index >= 15 is 0 Å². The van der Waals surface area contributed by atoms with Crippen molar-refractivity contribution in [2.75, 3.05) is 13.2 Å². The molecule has 1 aromatic rings. The summed E-state index contributed by atoms with van der Waals surface area (Å²) >= 11 is 0. The Balaban J connectivity index is 1.72. The molecule has 0 saturated carbocycles. The summed E-state index contributed by atoms with van der Waals surface area (Å²) in [6, 6.07) is 1.52. The smallest absolute Gasteiger partial charge is 0.340 e. The lowest BCUT2D eigenvalue weighted by molar-refractivity contribution is -0.354. The highest BCUT2D eigenvalue weighted by atomic mass is 16.7. The Morgan fingerprint density at radius 1 is 0.765 bits per heavy atom. The molecule has 0 aliphatic carbocycles. The third kappa shape index (κ3) is 5.03. The van der Waals surface area contributed by atoms with Gasteiger partial charge in [-0.3, -0.25) is 0 Å². The van der Waals surface area contributed by atoms with E-state index in [0.717, 1.165) is 12.1 Å². The molecule has 0 amide bonds. The van der Waals surface area contributed by atoms with E-state index in [1.165, 1.54) is 0 Å². The van der Waals surface area contributed by atoms with Crippen LogP contribution in [0.1, 0.15) is 10.4 Å². The van der Waals surface area contributed by atoms with Crippen LogP contribution in [0.4, 0.5) is 0 Å². The van der Waals surface area contributed by atoms with E-state index in [-0.39, 0.29) is 0 Å². The maximum atomic E-state index is 12.3. The molecular formula is C19H26O15. The molecule has 0 aromatic heterocycles. The average molecular weight is 494 g/mol. The van der Waals surface area contributed by atoms with Gasteiger partial charge in [-0.15, -0.1) is 0 Å². The zero-order valence-corrected chi connectivity index (χ0v) is 17.4. The van der Waals surface area contributed by atoms with Crippen molar-refractivity contribution in [1.82, 2.24) is 0 Å². The number of aliphatic hydroxyl groups is 7. The largest absolute Gasteiger partial charge is 0.504 e. The highest BCUT2D eigenvalue weighted by Gasteiger charge is 2.51. The summed E-state index contributed by atoms with van der Waals surface area (Å²) in [7, 11) is 0. The molecule has 15 nitrogen and oxygen atoms in total. The normalized spacial score (nSPS) is 38.4. The lowest BCUT2D eigenvalue weighted by Crippen LogP contribution is -2.64. The molecule has 2 heterocycles. The maximum Gasteiger partial charge on any atom is 0.340 e. The third-order valence-corrected chi connectivity index (χ3v) is 5.49. The lowest BCUT2D eigenvalue weighted by atomic mass is 9.97. The number of carbonyl (C=O) groups is 1. The van der Waals surface area contributed by atoms with E-state index in [2.05, 4.69) is 0 Å². The Morgan fingerprint density at radius 2 is 1.29 bits per heavy atom. The van der Waals surface area contributed by atoms with Crippen LogP contribution < -0.4 is 0 Å². The van der Waals surface area contributed by atoms with Gasteiger partial charge in [0, 0.05) is 0 Å². The van der Waals surface area contributed by atoms with E-state index in [4.69, 9.17) is 18.9 Å². The zero-order chi connectivity index (χ0) is 25.3. The molecule has 0 radical (unpaired) electrons. The molecule has 0 spiro atoms. The van der Waals surface area contributed by atoms with Gasteiger partial charge in [0.05, 0.1) is 18.8 Å². The highest BCUT2D eigenvalue weighted by Crippen LogP contribution is 2.36. The molecule has 15 heteroatoms. The molecule has 3 rings (SSSR count). The Kier molecular flexibility index (Phi) is 8.14. The minimum Gasteiger partial charge on any atom is -0.504 e. The molecule has 10 atom stereocenters. The van der Waals surface area contributed by atoms with Crippen LogP contribution in [0.5, 0.6) is 17.2 Å². The Hall–Kier alpha value is -2.31. The number of phenolic OH excluding ortho intramolecular Hbond substituents is 3. The minimum absolute atomic E-state index is 0.446. The van der Waals surface area contributed by atoms with Crippen molar-refractivity contribution in [2.45, 2.75) is 61.4 Å². The first-order chi connectivity index (χ1) is 16.0. The first-order valence-electron chi connectivity index (χ1n) is 10.0. The quantitative estimate of drug-likeness (QED) is 0.132. The van der Waals surface area contributed by atoms with Gasteiger partial charge in [0.25, 0.3) is 0 Å². The van der Waals surface area contributed by atoms with Gasteiger partial charge < -0.3 is 70.0 Å². The van der Waals surface area contributed by atoms with Crippen LogP contribution in [-0.2, 0) is 18.9 Å². The fraction of sp³-hybridized carbons (Fsp3) is 0.632. The Morgan fingerprint density at radius 3 is 1.85 bits per heavy atom. The van der Waals surface area contributed by atoms with Crippen molar-refractivity contribution in [3.8, 4) is 17.2 Å². The van der Waals surface area contributed by atoms with Crippen LogP contribution in [-0.4, -0.2) is 132 Å². The number of rotatable bonds is 6. The number of benzene rings is 1. The number of aromatic hydroxyl groups is 3. The summed E-state index contributed by atoms with van der Waals surface area (Å²) in [4.78, 5) is 12.3. The second kappa shape index (κ2) is 10.5. The van der Waals surface area contributed by atoms with Crippen molar-refractivity contribution in [2.24, 2.45) is 0 Å². The van der Waals surface area contributed by atoms with Crippen LogP contribution >= 0.6 is 0 Å². The Labute approximate surface area is 191 Å². The van der Waals surface area contributed by atoms with E-state index < -0.39 is 103 Å². The maximum absolute atomic E-state index is 12.3. The van der Waals surface area contributed by atoms with E-state index in [1.54, 1.807) is 0 Å². The number of aliphatic hydroxyl groups excluding tert-OH is 7. The predicted molar refractivity (Wildman–Crippen MR) is 103 cm³/mol. The number of esters is 1. The van der Waals surface area contributed by atoms with Gasteiger partial charge in [0.1, 0.15) is 48.8 Å². The molecule has 192 valence electrons. The highest BCUT2D eigenvalue weighted by molar-refractivity contribution is 5.91. The summed E-state index contributed by atoms with van der Waals surface area (Å²) in [5.41, 5.74) is -0.446. The van der Waals surface area contributed by atoms with Gasteiger partial charge in [-0.2, -0.15) is 0 Å². The fourth-order valence-electron chi connectivity index (χ4n) is 3.55. The second-order valence-electron chi connectivity index (χ2n) is 7.77. The molecule has 10 N–H and O–H groups in total. The second-order valence-corrected chi connectivity index (χ2v) is 7.77. The van der Waals surface area contributed by atoms with E-state index in [0.29, 0.717) is 0 Å². The van der Waals surface area contributed by atoms with Crippen LogP contribution in [0.2, 0.25) is 0 Å². The predicted octanol–water partition coefficient (Wildman–Crippen LogP) is -4.42. The number of hydrogen-bond donors (Lipinski definition) is 10. The van der Waals surface area contributed by atoms with Gasteiger partial charge in [0.15, 0.2) is 23.5 Å². The summed E-state index contributed by atoms with van der Waals surface area (Å²) in [6.07, 6.45) is -17.2. The van der Waals surface area contributed by atoms with E-state index in [9.17, 15) is 55.9 Å². The van der Waals surface area contributed by atoms with Crippen LogP contribution in [0.15, 0.2) is 12.1 Å². The molecule has 2 fully saturated rings. The van der Waals surface area contributed by atoms with Gasteiger partial charge in [-0.1, -0.05) is 0 Å². The molecule has 2 aliphatic heterocycles. The minimum atomic E-state index is -1.97. The number of ether oxygens (including phenoxy) is 4. The topological polar surface area (TPSA) is 256 Å². The van der Waals surface area contributed by atoms with Crippen molar-refractivity contribution in [1.29, 1.82) is 0 Å². The summed E-state index contributed by atoms with van der Waals surface area (Å²) in [5, 5.41) is 98.0. The molecule has 2 aliphatic rings. The van der Waals surface area contributed by atoms with E-state index in [1.807, 2.05) is 0 Å². The first-order valence-corrected chi connectivity index (χ1v) is 10.0. The lowest BCUT2D eigenvalue weighted by Gasteiger charge is -2.45.